The molecule has 2 atom stereocenters. The third-order valence-corrected chi connectivity index (χ3v) is 5.45. The van der Waals surface area contributed by atoms with E-state index in [1.54, 1.807) is 27.9 Å². The highest BCUT2D eigenvalue weighted by Gasteiger charge is 2.28. The summed E-state index contributed by atoms with van der Waals surface area (Å²) in [6.45, 7) is 9.58. The van der Waals surface area contributed by atoms with Crippen molar-refractivity contribution in [3.63, 3.8) is 0 Å². The molecule has 0 aliphatic rings. The Balaban J connectivity index is 4.10. The average molecular weight is 251 g/mol. The molecule has 1 N–H and O–H groups in total. The van der Waals surface area contributed by atoms with Crippen LogP contribution in [-0.4, -0.2) is 44.7 Å². The van der Waals surface area contributed by atoms with Crippen LogP contribution >= 0.6 is 0 Å². The predicted octanol–water partition coefficient (Wildman–Crippen LogP) is 1.21. The Kier molecular flexibility index (Phi) is 5.93. The van der Waals surface area contributed by atoms with Gasteiger partial charge < -0.3 is 10.1 Å². The van der Waals surface area contributed by atoms with Crippen molar-refractivity contribution < 1.29 is 13.2 Å². The van der Waals surface area contributed by atoms with Crippen LogP contribution in [0.15, 0.2) is 0 Å². The number of hydrogen-bond donors (Lipinski definition) is 1. The molecule has 16 heavy (non-hydrogen) atoms. The lowest BCUT2D eigenvalue weighted by atomic mass is 10.2. The molecule has 0 bridgehead atoms. The molecule has 0 aromatic carbocycles. The molecule has 5 heteroatoms. The van der Waals surface area contributed by atoms with E-state index in [1.165, 1.54) is 0 Å². The Bertz CT molecular complexity index is 293. The summed E-state index contributed by atoms with van der Waals surface area (Å²) >= 11 is 0. The number of ether oxygens (including phenoxy) is 1. The Labute approximate surface area is 99.7 Å². The van der Waals surface area contributed by atoms with Gasteiger partial charge in [-0.3, -0.25) is 0 Å². The zero-order valence-electron chi connectivity index (χ0n) is 11.2. The largest absolute Gasteiger partial charge is 0.380 e. The van der Waals surface area contributed by atoms with Crippen LogP contribution in [0.25, 0.3) is 0 Å². The van der Waals surface area contributed by atoms with Crippen LogP contribution in [0.4, 0.5) is 0 Å². The lowest BCUT2D eigenvalue weighted by molar-refractivity contribution is 0.0895. The maximum atomic E-state index is 11.8. The van der Waals surface area contributed by atoms with Crippen molar-refractivity contribution in [2.45, 2.75) is 51.5 Å². The average Bonchev–Trinajstić information content (AvgIpc) is 2.14. The molecule has 0 fully saturated rings. The molecule has 2 unspecified atom stereocenters. The Hall–Kier alpha value is -0.130. The number of nitrogens with one attached hydrogen (secondary N) is 1. The van der Waals surface area contributed by atoms with Gasteiger partial charge in [-0.25, -0.2) is 8.42 Å². The van der Waals surface area contributed by atoms with Crippen molar-refractivity contribution in [2.24, 2.45) is 0 Å². The van der Waals surface area contributed by atoms with E-state index in [4.69, 9.17) is 4.74 Å². The molecule has 0 aromatic heterocycles. The molecule has 0 heterocycles. The molecule has 0 radical (unpaired) electrons. The summed E-state index contributed by atoms with van der Waals surface area (Å²) in [5, 5.41) is 3.16. The fourth-order valence-corrected chi connectivity index (χ4v) is 2.10. The molecule has 4 nitrogen and oxygen atoms in total. The molecule has 0 spiro atoms. The summed E-state index contributed by atoms with van der Waals surface area (Å²) in [4.78, 5) is 0. The summed E-state index contributed by atoms with van der Waals surface area (Å²) in [7, 11) is -1.38. The van der Waals surface area contributed by atoms with E-state index in [0.29, 0.717) is 6.54 Å². The summed E-state index contributed by atoms with van der Waals surface area (Å²) in [5.74, 6) is 0.164. The normalized spacial score (nSPS) is 17.1. The van der Waals surface area contributed by atoms with Gasteiger partial charge in [0.15, 0.2) is 9.84 Å². The molecule has 0 saturated heterocycles. The molecule has 0 rings (SSSR count). The minimum Gasteiger partial charge on any atom is -0.380 e. The van der Waals surface area contributed by atoms with Gasteiger partial charge in [-0.05, 0) is 34.6 Å². The topological polar surface area (TPSA) is 55.4 Å². The second-order valence-electron chi connectivity index (χ2n) is 5.11. The SMILES string of the molecule is COC(C)C(C)NCCS(=O)(=O)C(C)(C)C. The van der Waals surface area contributed by atoms with E-state index >= 15 is 0 Å². The molecule has 0 aliphatic heterocycles. The van der Waals surface area contributed by atoms with Gasteiger partial charge in [-0.2, -0.15) is 0 Å². The van der Waals surface area contributed by atoms with Crippen molar-refractivity contribution in [2.75, 3.05) is 19.4 Å². The fourth-order valence-electron chi connectivity index (χ4n) is 1.10. The van der Waals surface area contributed by atoms with Crippen LogP contribution in [0, 0.1) is 0 Å². The van der Waals surface area contributed by atoms with Gasteiger partial charge in [0.25, 0.3) is 0 Å². The second-order valence-corrected chi connectivity index (χ2v) is 7.98. The fraction of sp³-hybridized carbons (Fsp3) is 1.00. The number of rotatable bonds is 6. The van der Waals surface area contributed by atoms with Gasteiger partial charge in [0.2, 0.25) is 0 Å². The lowest BCUT2D eigenvalue weighted by Gasteiger charge is -2.22. The highest BCUT2D eigenvalue weighted by atomic mass is 32.2. The first kappa shape index (κ1) is 15.9. The van der Waals surface area contributed by atoms with Crippen LogP contribution < -0.4 is 5.32 Å². The molecule has 98 valence electrons. The van der Waals surface area contributed by atoms with Crippen molar-refractivity contribution >= 4 is 9.84 Å². The summed E-state index contributed by atoms with van der Waals surface area (Å²) < 4.78 is 28.1. The van der Waals surface area contributed by atoms with Crippen LogP contribution in [0.3, 0.4) is 0 Å². The molecule has 0 aliphatic carbocycles. The van der Waals surface area contributed by atoms with Crippen molar-refractivity contribution in [3.05, 3.63) is 0 Å². The molecular weight excluding hydrogens is 226 g/mol. The zero-order valence-corrected chi connectivity index (χ0v) is 12.0. The van der Waals surface area contributed by atoms with Gasteiger partial charge >= 0.3 is 0 Å². The van der Waals surface area contributed by atoms with Gasteiger partial charge in [0, 0.05) is 19.7 Å². The van der Waals surface area contributed by atoms with Crippen LogP contribution in [0.5, 0.6) is 0 Å². The third kappa shape index (κ3) is 4.80. The minimum absolute atomic E-state index is 0.0809. The first-order valence-electron chi connectivity index (χ1n) is 5.60. The quantitative estimate of drug-likeness (QED) is 0.771. The standard InChI is InChI=1S/C11H25NO3S/c1-9(10(2)15-6)12-7-8-16(13,14)11(3,4)5/h9-10,12H,7-8H2,1-6H3. The number of methoxy groups -OCH3 is 1. The Morgan fingerprint density at radius 3 is 2.12 bits per heavy atom. The Morgan fingerprint density at radius 2 is 1.75 bits per heavy atom. The molecule has 0 saturated carbocycles. The first-order valence-corrected chi connectivity index (χ1v) is 7.25. The Morgan fingerprint density at radius 1 is 1.25 bits per heavy atom. The van der Waals surface area contributed by atoms with Gasteiger partial charge in [0.05, 0.1) is 16.6 Å². The molecular formula is C11H25NO3S. The van der Waals surface area contributed by atoms with E-state index in [-0.39, 0.29) is 17.9 Å². The lowest BCUT2D eigenvalue weighted by Crippen LogP contribution is -2.41. The van der Waals surface area contributed by atoms with Crippen LogP contribution in [0.2, 0.25) is 0 Å². The number of hydrogen-bond acceptors (Lipinski definition) is 4. The predicted molar refractivity (Wildman–Crippen MR) is 67.5 cm³/mol. The van der Waals surface area contributed by atoms with E-state index in [2.05, 4.69) is 5.32 Å². The smallest absolute Gasteiger partial charge is 0.156 e. The van der Waals surface area contributed by atoms with Gasteiger partial charge in [-0.1, -0.05) is 0 Å². The van der Waals surface area contributed by atoms with Crippen molar-refractivity contribution in [1.82, 2.24) is 5.32 Å². The van der Waals surface area contributed by atoms with Crippen LogP contribution in [-0.2, 0) is 14.6 Å². The van der Waals surface area contributed by atoms with Gasteiger partial charge in [0.1, 0.15) is 0 Å². The number of sulfone groups is 1. The van der Waals surface area contributed by atoms with Crippen molar-refractivity contribution in [3.8, 4) is 0 Å². The zero-order chi connectivity index (χ0) is 13.0. The second kappa shape index (κ2) is 5.98. The van der Waals surface area contributed by atoms with E-state index < -0.39 is 14.6 Å². The monoisotopic (exact) mass is 251 g/mol. The maximum Gasteiger partial charge on any atom is 0.156 e. The van der Waals surface area contributed by atoms with Crippen molar-refractivity contribution in [1.29, 1.82) is 0 Å². The van der Waals surface area contributed by atoms with E-state index in [9.17, 15) is 8.42 Å². The molecule has 0 aromatic rings. The highest BCUT2D eigenvalue weighted by molar-refractivity contribution is 7.92. The van der Waals surface area contributed by atoms with E-state index in [0.717, 1.165) is 0 Å². The summed E-state index contributed by atoms with van der Waals surface area (Å²) in [6, 6.07) is 0.153. The maximum absolute atomic E-state index is 11.8. The molecule has 0 amide bonds. The highest BCUT2D eigenvalue weighted by Crippen LogP contribution is 2.15. The first-order chi connectivity index (χ1) is 7.12. The van der Waals surface area contributed by atoms with Crippen LogP contribution in [0.1, 0.15) is 34.6 Å². The minimum atomic E-state index is -3.03. The summed E-state index contributed by atoms with van der Waals surface area (Å²) in [6.07, 6.45) is 0.0809. The third-order valence-electron chi connectivity index (χ3n) is 2.85. The van der Waals surface area contributed by atoms with Gasteiger partial charge in [-0.15, -0.1) is 0 Å². The van der Waals surface area contributed by atoms with E-state index in [1.807, 2.05) is 13.8 Å². The summed E-state index contributed by atoms with van der Waals surface area (Å²) in [5.41, 5.74) is 0.